The monoisotopic (exact) mass is 332 g/mol. The van der Waals surface area contributed by atoms with E-state index < -0.39 is 11.6 Å². The van der Waals surface area contributed by atoms with Crippen LogP contribution in [0.2, 0.25) is 0 Å². The van der Waals surface area contributed by atoms with Crippen molar-refractivity contribution in [3.05, 3.63) is 57.7 Å². The second kappa shape index (κ2) is 4.78. The van der Waals surface area contributed by atoms with Gasteiger partial charge in [0.15, 0.2) is 17.4 Å². The molecule has 2 rings (SSSR count). The van der Waals surface area contributed by atoms with Gasteiger partial charge in [0.2, 0.25) is 0 Å². The van der Waals surface area contributed by atoms with E-state index in [4.69, 9.17) is 4.74 Å². The van der Waals surface area contributed by atoms with Crippen LogP contribution in [0, 0.1) is 15.2 Å². The molecule has 0 bridgehead atoms. The Morgan fingerprint density at radius 1 is 0.875 bits per heavy atom. The molecule has 2 aromatic carbocycles. The zero-order valence-corrected chi connectivity index (χ0v) is 10.2. The lowest BCUT2D eigenvalue weighted by atomic mass is 10.3. The molecule has 0 saturated heterocycles. The Morgan fingerprint density at radius 2 is 1.50 bits per heavy atom. The van der Waals surface area contributed by atoms with Gasteiger partial charge < -0.3 is 4.74 Å². The van der Waals surface area contributed by atoms with E-state index in [2.05, 4.69) is 0 Å². The number of hydrogen-bond acceptors (Lipinski definition) is 1. The van der Waals surface area contributed by atoms with Crippen molar-refractivity contribution in [3.8, 4) is 11.5 Å². The summed E-state index contributed by atoms with van der Waals surface area (Å²) in [5.41, 5.74) is 0. The number of halogens is 3. The summed E-state index contributed by atoms with van der Waals surface area (Å²) in [5, 5.41) is 0. The maximum absolute atomic E-state index is 13.3. The molecule has 0 radical (unpaired) electrons. The average molecular weight is 332 g/mol. The molecule has 0 aliphatic heterocycles. The van der Waals surface area contributed by atoms with E-state index in [1.165, 1.54) is 6.07 Å². The van der Waals surface area contributed by atoms with Gasteiger partial charge in [0, 0.05) is 0 Å². The number of benzene rings is 2. The minimum absolute atomic E-state index is 0.369. The van der Waals surface area contributed by atoms with Crippen molar-refractivity contribution in [2.75, 3.05) is 0 Å². The number of rotatable bonds is 2. The van der Waals surface area contributed by atoms with Crippen LogP contribution in [0.4, 0.5) is 8.78 Å². The molecule has 16 heavy (non-hydrogen) atoms. The predicted molar refractivity (Wildman–Crippen MR) is 65.6 cm³/mol. The summed E-state index contributed by atoms with van der Waals surface area (Å²) in [6, 6.07) is 10.7. The van der Waals surface area contributed by atoms with E-state index in [-0.39, 0.29) is 5.75 Å². The van der Waals surface area contributed by atoms with Gasteiger partial charge in [-0.25, -0.2) is 8.78 Å². The molecule has 0 atom stereocenters. The predicted octanol–water partition coefficient (Wildman–Crippen LogP) is 4.36. The van der Waals surface area contributed by atoms with Crippen LogP contribution in [0.5, 0.6) is 11.5 Å². The second-order valence-corrected chi connectivity index (χ2v) is 4.25. The zero-order chi connectivity index (χ0) is 11.5. The van der Waals surface area contributed by atoms with Crippen LogP contribution < -0.4 is 4.74 Å². The maximum Gasteiger partial charge on any atom is 0.198 e. The number of ether oxygens (including phenoxy) is 1. The second-order valence-electron chi connectivity index (χ2n) is 3.08. The molecule has 0 spiro atoms. The highest BCUT2D eigenvalue weighted by Crippen LogP contribution is 2.30. The van der Waals surface area contributed by atoms with Crippen molar-refractivity contribution < 1.29 is 13.5 Å². The molecule has 0 fully saturated rings. The first-order valence-electron chi connectivity index (χ1n) is 4.55. The number of para-hydroxylation sites is 2. The van der Waals surface area contributed by atoms with Crippen molar-refractivity contribution in [2.45, 2.75) is 0 Å². The van der Waals surface area contributed by atoms with Crippen LogP contribution in [0.15, 0.2) is 42.5 Å². The Balaban J connectivity index is 2.38. The van der Waals surface area contributed by atoms with Crippen LogP contribution in [0.1, 0.15) is 0 Å². The SMILES string of the molecule is Fc1cccc(F)c1Oc1ccccc1I. The quantitative estimate of drug-likeness (QED) is 0.743. The molecule has 0 N–H and O–H groups in total. The lowest BCUT2D eigenvalue weighted by Crippen LogP contribution is -1.93. The Kier molecular flexibility index (Phi) is 3.38. The minimum atomic E-state index is -0.709. The normalized spacial score (nSPS) is 10.2. The van der Waals surface area contributed by atoms with Gasteiger partial charge in [-0.05, 0) is 46.9 Å². The van der Waals surface area contributed by atoms with Gasteiger partial charge in [-0.3, -0.25) is 0 Å². The van der Waals surface area contributed by atoms with Crippen LogP contribution in [-0.4, -0.2) is 0 Å². The summed E-state index contributed by atoms with van der Waals surface area (Å²) < 4.78 is 32.6. The summed E-state index contributed by atoms with van der Waals surface area (Å²) in [6.45, 7) is 0. The Hall–Kier alpha value is -1.17. The third-order valence-electron chi connectivity index (χ3n) is 1.97. The molecule has 2 aromatic rings. The van der Waals surface area contributed by atoms with E-state index in [0.29, 0.717) is 5.75 Å². The fourth-order valence-corrected chi connectivity index (χ4v) is 1.71. The van der Waals surface area contributed by atoms with Gasteiger partial charge in [0.1, 0.15) is 5.75 Å². The van der Waals surface area contributed by atoms with E-state index in [0.717, 1.165) is 15.7 Å². The Labute approximate surface area is 105 Å². The van der Waals surface area contributed by atoms with Gasteiger partial charge in [-0.1, -0.05) is 18.2 Å². The molecule has 0 heterocycles. The average Bonchev–Trinajstić information content (AvgIpc) is 2.26. The lowest BCUT2D eigenvalue weighted by Gasteiger charge is -2.08. The fourth-order valence-electron chi connectivity index (χ4n) is 1.22. The van der Waals surface area contributed by atoms with Crippen LogP contribution in [0.25, 0.3) is 0 Å². The molecule has 1 nitrogen and oxygen atoms in total. The van der Waals surface area contributed by atoms with E-state index >= 15 is 0 Å². The fraction of sp³-hybridized carbons (Fsp3) is 0. The lowest BCUT2D eigenvalue weighted by molar-refractivity contribution is 0.405. The minimum Gasteiger partial charge on any atom is -0.450 e. The molecule has 0 amide bonds. The van der Waals surface area contributed by atoms with Crippen LogP contribution in [-0.2, 0) is 0 Å². The zero-order valence-electron chi connectivity index (χ0n) is 8.08. The van der Waals surface area contributed by atoms with Gasteiger partial charge in [-0.2, -0.15) is 0 Å². The first-order valence-corrected chi connectivity index (χ1v) is 5.63. The number of hydrogen-bond donors (Lipinski definition) is 0. The molecule has 0 aliphatic carbocycles. The summed E-state index contributed by atoms with van der Waals surface area (Å²) >= 11 is 2.04. The molecule has 4 heteroatoms. The topological polar surface area (TPSA) is 9.23 Å². The maximum atomic E-state index is 13.3. The van der Waals surface area contributed by atoms with E-state index in [9.17, 15) is 8.78 Å². The first kappa shape index (κ1) is 11.3. The largest absolute Gasteiger partial charge is 0.450 e. The standard InChI is InChI=1S/C12H7F2IO/c13-8-4-3-5-9(14)12(8)16-11-7-2-1-6-10(11)15/h1-7H. The Bertz CT molecular complexity index is 494. The Morgan fingerprint density at radius 3 is 2.12 bits per heavy atom. The molecule has 0 aliphatic rings. The molecular formula is C12H7F2IO. The third-order valence-corrected chi connectivity index (χ3v) is 2.86. The van der Waals surface area contributed by atoms with Crippen molar-refractivity contribution in [2.24, 2.45) is 0 Å². The smallest absolute Gasteiger partial charge is 0.198 e. The molecule has 0 saturated carbocycles. The van der Waals surface area contributed by atoms with Crippen molar-refractivity contribution in [3.63, 3.8) is 0 Å². The van der Waals surface area contributed by atoms with Crippen molar-refractivity contribution in [1.82, 2.24) is 0 Å². The van der Waals surface area contributed by atoms with Gasteiger partial charge >= 0.3 is 0 Å². The highest BCUT2D eigenvalue weighted by molar-refractivity contribution is 14.1. The van der Waals surface area contributed by atoms with Crippen molar-refractivity contribution in [1.29, 1.82) is 0 Å². The van der Waals surface area contributed by atoms with Gasteiger partial charge in [0.25, 0.3) is 0 Å². The summed E-state index contributed by atoms with van der Waals surface area (Å²) in [5.74, 6) is -1.35. The summed E-state index contributed by atoms with van der Waals surface area (Å²) in [7, 11) is 0. The molecular weight excluding hydrogens is 325 g/mol. The van der Waals surface area contributed by atoms with Crippen LogP contribution in [0.3, 0.4) is 0 Å². The van der Waals surface area contributed by atoms with Gasteiger partial charge in [0.05, 0.1) is 3.57 Å². The molecule has 0 unspecified atom stereocenters. The summed E-state index contributed by atoms with van der Waals surface area (Å²) in [4.78, 5) is 0. The highest BCUT2D eigenvalue weighted by atomic mass is 127. The van der Waals surface area contributed by atoms with Crippen molar-refractivity contribution >= 4 is 22.6 Å². The molecule has 0 aromatic heterocycles. The van der Waals surface area contributed by atoms with Gasteiger partial charge in [-0.15, -0.1) is 0 Å². The van der Waals surface area contributed by atoms with E-state index in [1.54, 1.807) is 18.2 Å². The highest BCUT2D eigenvalue weighted by Gasteiger charge is 2.11. The van der Waals surface area contributed by atoms with Crippen LogP contribution >= 0.6 is 22.6 Å². The van der Waals surface area contributed by atoms with E-state index in [1.807, 2.05) is 28.7 Å². The molecule has 82 valence electrons. The third kappa shape index (κ3) is 2.32. The first-order chi connectivity index (χ1) is 7.68. The summed E-state index contributed by atoms with van der Waals surface area (Å²) in [6.07, 6.45) is 0.